The Hall–Kier alpha value is -2.25. The zero-order valence-electron chi connectivity index (χ0n) is 13.7. The first kappa shape index (κ1) is 18.1. The number of sulfonamides is 1. The van der Waals surface area contributed by atoms with Gasteiger partial charge in [-0.3, -0.25) is 4.79 Å². The number of hydrogen-bond acceptors (Lipinski definition) is 3. The highest BCUT2D eigenvalue weighted by Crippen LogP contribution is 2.20. The van der Waals surface area contributed by atoms with E-state index in [1.165, 1.54) is 20.2 Å². The number of amides is 1. The number of hydrogen-bond donors (Lipinski definition) is 1. The molecule has 0 saturated heterocycles. The summed E-state index contributed by atoms with van der Waals surface area (Å²) in [5.74, 6) is -1.36. The molecule has 1 amide bonds. The van der Waals surface area contributed by atoms with E-state index in [4.69, 9.17) is 0 Å². The molecule has 2 aromatic carbocycles. The standard InChI is InChI=1S/C17H19FN2O3S/c1-12(13-7-5-4-6-8-13)19-17(21)14-9-10-15(18)16(11-14)24(22,23)20(2)3/h4-12H,1-3H3,(H,19,21). The van der Waals surface area contributed by atoms with E-state index >= 15 is 0 Å². The van der Waals surface area contributed by atoms with Crippen molar-refractivity contribution in [2.24, 2.45) is 0 Å². The summed E-state index contributed by atoms with van der Waals surface area (Å²) in [4.78, 5) is 11.8. The van der Waals surface area contributed by atoms with Gasteiger partial charge in [0.05, 0.1) is 6.04 Å². The van der Waals surface area contributed by atoms with Crippen LogP contribution in [0.3, 0.4) is 0 Å². The summed E-state index contributed by atoms with van der Waals surface area (Å²) in [6, 6.07) is 12.4. The molecular weight excluding hydrogens is 331 g/mol. The summed E-state index contributed by atoms with van der Waals surface area (Å²) < 4.78 is 39.0. The van der Waals surface area contributed by atoms with Crippen molar-refractivity contribution in [2.75, 3.05) is 14.1 Å². The van der Waals surface area contributed by atoms with Crippen LogP contribution in [-0.2, 0) is 10.0 Å². The minimum atomic E-state index is -3.97. The number of rotatable bonds is 5. The van der Waals surface area contributed by atoms with Crippen molar-refractivity contribution in [1.82, 2.24) is 9.62 Å². The van der Waals surface area contributed by atoms with Gasteiger partial charge < -0.3 is 5.32 Å². The summed E-state index contributed by atoms with van der Waals surface area (Å²) in [5.41, 5.74) is 0.994. The van der Waals surface area contributed by atoms with Crippen molar-refractivity contribution in [1.29, 1.82) is 0 Å². The van der Waals surface area contributed by atoms with Crippen LogP contribution >= 0.6 is 0 Å². The van der Waals surface area contributed by atoms with Crippen molar-refractivity contribution in [3.63, 3.8) is 0 Å². The van der Waals surface area contributed by atoms with E-state index in [1.807, 2.05) is 37.3 Å². The average molecular weight is 350 g/mol. The summed E-state index contributed by atoms with van der Waals surface area (Å²) in [7, 11) is -1.36. The first-order valence-corrected chi connectivity index (χ1v) is 8.75. The predicted octanol–water partition coefficient (Wildman–Crippen LogP) is 2.57. The summed E-state index contributed by atoms with van der Waals surface area (Å²) in [6.07, 6.45) is 0. The lowest BCUT2D eigenvalue weighted by Gasteiger charge is -2.16. The quantitative estimate of drug-likeness (QED) is 0.901. The van der Waals surface area contributed by atoms with E-state index in [0.717, 1.165) is 22.0 Å². The van der Waals surface area contributed by atoms with Crippen LogP contribution in [0.15, 0.2) is 53.4 Å². The third-order valence-electron chi connectivity index (χ3n) is 3.60. The topological polar surface area (TPSA) is 66.5 Å². The van der Waals surface area contributed by atoms with Gasteiger partial charge in [0.15, 0.2) is 0 Å². The highest BCUT2D eigenvalue weighted by atomic mass is 32.2. The molecule has 0 aliphatic heterocycles. The summed E-state index contributed by atoms with van der Waals surface area (Å²) in [5, 5.41) is 2.77. The van der Waals surface area contributed by atoms with Gasteiger partial charge in [-0.2, -0.15) is 0 Å². The van der Waals surface area contributed by atoms with Gasteiger partial charge in [0.1, 0.15) is 10.7 Å². The number of benzene rings is 2. The van der Waals surface area contributed by atoms with Crippen molar-refractivity contribution in [2.45, 2.75) is 17.9 Å². The molecule has 0 aromatic heterocycles. The first-order valence-electron chi connectivity index (χ1n) is 7.31. The van der Waals surface area contributed by atoms with Crippen LogP contribution in [0.5, 0.6) is 0 Å². The molecular formula is C17H19FN2O3S. The van der Waals surface area contributed by atoms with Gasteiger partial charge in [0.25, 0.3) is 5.91 Å². The maximum absolute atomic E-state index is 13.9. The average Bonchev–Trinajstić information content (AvgIpc) is 2.55. The Morgan fingerprint density at radius 1 is 1.12 bits per heavy atom. The van der Waals surface area contributed by atoms with Crippen LogP contribution in [0.25, 0.3) is 0 Å². The predicted molar refractivity (Wildman–Crippen MR) is 89.6 cm³/mol. The first-order chi connectivity index (χ1) is 11.2. The third kappa shape index (κ3) is 3.80. The maximum atomic E-state index is 13.9. The second-order valence-electron chi connectivity index (χ2n) is 5.54. The monoisotopic (exact) mass is 350 g/mol. The number of carbonyl (C=O) groups excluding carboxylic acids is 1. The highest BCUT2D eigenvalue weighted by molar-refractivity contribution is 7.89. The number of halogens is 1. The third-order valence-corrected chi connectivity index (χ3v) is 5.43. The molecule has 0 fully saturated rings. The summed E-state index contributed by atoms with van der Waals surface area (Å²) >= 11 is 0. The van der Waals surface area contributed by atoms with Crippen molar-refractivity contribution >= 4 is 15.9 Å². The van der Waals surface area contributed by atoms with Crippen molar-refractivity contribution < 1.29 is 17.6 Å². The zero-order valence-corrected chi connectivity index (χ0v) is 14.5. The van der Waals surface area contributed by atoms with Crippen LogP contribution in [0.2, 0.25) is 0 Å². The molecule has 1 unspecified atom stereocenters. The fourth-order valence-electron chi connectivity index (χ4n) is 2.14. The highest BCUT2D eigenvalue weighted by Gasteiger charge is 2.23. The maximum Gasteiger partial charge on any atom is 0.251 e. The van der Waals surface area contributed by atoms with E-state index in [0.29, 0.717) is 0 Å². The molecule has 0 spiro atoms. The Morgan fingerprint density at radius 2 is 1.75 bits per heavy atom. The lowest BCUT2D eigenvalue weighted by molar-refractivity contribution is 0.0939. The van der Waals surface area contributed by atoms with Gasteiger partial charge in [-0.15, -0.1) is 0 Å². The molecule has 0 saturated carbocycles. The Kier molecular flexibility index (Phi) is 5.36. The molecule has 2 rings (SSSR count). The van der Waals surface area contributed by atoms with Gasteiger partial charge in [-0.1, -0.05) is 30.3 Å². The molecule has 1 N–H and O–H groups in total. The van der Waals surface area contributed by atoms with E-state index < -0.39 is 26.6 Å². The second kappa shape index (κ2) is 7.11. The second-order valence-corrected chi connectivity index (χ2v) is 7.66. The summed E-state index contributed by atoms with van der Waals surface area (Å²) in [6.45, 7) is 1.81. The minimum absolute atomic E-state index is 0.0830. The SMILES string of the molecule is CC(NC(=O)c1ccc(F)c(S(=O)(=O)N(C)C)c1)c1ccccc1. The van der Waals surface area contributed by atoms with E-state index in [2.05, 4.69) is 5.32 Å². The Labute approximate surface area is 141 Å². The fourth-order valence-corrected chi connectivity index (χ4v) is 3.13. The molecule has 0 bridgehead atoms. The van der Waals surface area contributed by atoms with Crippen LogP contribution in [-0.4, -0.2) is 32.7 Å². The van der Waals surface area contributed by atoms with Crippen molar-refractivity contribution in [3.05, 3.63) is 65.5 Å². The molecule has 24 heavy (non-hydrogen) atoms. The Balaban J connectivity index is 2.28. The van der Waals surface area contributed by atoms with Crippen LogP contribution in [0.4, 0.5) is 4.39 Å². The van der Waals surface area contributed by atoms with Gasteiger partial charge in [-0.25, -0.2) is 17.1 Å². The smallest absolute Gasteiger partial charge is 0.251 e. The normalized spacial score (nSPS) is 12.9. The van der Waals surface area contributed by atoms with Crippen molar-refractivity contribution in [3.8, 4) is 0 Å². The van der Waals surface area contributed by atoms with E-state index in [-0.39, 0.29) is 11.6 Å². The molecule has 2 aromatic rings. The molecule has 5 nitrogen and oxygen atoms in total. The molecule has 7 heteroatoms. The Morgan fingerprint density at radius 3 is 2.33 bits per heavy atom. The Bertz CT molecular complexity index is 836. The lowest BCUT2D eigenvalue weighted by atomic mass is 10.1. The number of nitrogens with zero attached hydrogens (tertiary/aromatic N) is 1. The number of carbonyl (C=O) groups is 1. The van der Waals surface area contributed by atoms with Gasteiger partial charge in [0.2, 0.25) is 10.0 Å². The van der Waals surface area contributed by atoms with Crippen LogP contribution in [0, 0.1) is 5.82 Å². The molecule has 1 atom stereocenters. The molecule has 0 aliphatic carbocycles. The lowest BCUT2D eigenvalue weighted by Crippen LogP contribution is -2.28. The fraction of sp³-hybridized carbons (Fsp3) is 0.235. The van der Waals surface area contributed by atoms with Crippen LogP contribution in [0.1, 0.15) is 28.9 Å². The molecule has 0 heterocycles. The van der Waals surface area contributed by atoms with Gasteiger partial charge in [0, 0.05) is 19.7 Å². The number of nitrogens with one attached hydrogen (secondary N) is 1. The van der Waals surface area contributed by atoms with Crippen LogP contribution < -0.4 is 5.32 Å². The van der Waals surface area contributed by atoms with Gasteiger partial charge >= 0.3 is 0 Å². The minimum Gasteiger partial charge on any atom is -0.346 e. The zero-order chi connectivity index (χ0) is 17.9. The largest absolute Gasteiger partial charge is 0.346 e. The van der Waals surface area contributed by atoms with Gasteiger partial charge in [-0.05, 0) is 30.7 Å². The molecule has 0 radical (unpaired) electrons. The van der Waals surface area contributed by atoms with E-state index in [1.54, 1.807) is 0 Å². The molecule has 128 valence electrons. The molecule has 0 aliphatic rings. The van der Waals surface area contributed by atoms with E-state index in [9.17, 15) is 17.6 Å².